The second kappa shape index (κ2) is 5.75. The number of nitrogens with zero attached hydrogens (tertiary/aromatic N) is 3. The topological polar surface area (TPSA) is 53.5 Å². The molecule has 2 amide bonds. The van der Waals surface area contributed by atoms with Crippen molar-refractivity contribution in [3.63, 3.8) is 0 Å². The van der Waals surface area contributed by atoms with Gasteiger partial charge in [-0.25, -0.2) is 4.98 Å². The average molecular weight is 307 g/mol. The quantitative estimate of drug-likeness (QED) is 0.841. The molecule has 0 spiro atoms. The number of hydrogen-bond donors (Lipinski definition) is 0. The molecule has 3 rings (SSSR count). The van der Waals surface area contributed by atoms with E-state index in [2.05, 4.69) is 4.98 Å². The van der Waals surface area contributed by atoms with Crippen LogP contribution in [0.3, 0.4) is 0 Å². The Morgan fingerprint density at radius 3 is 2.86 bits per heavy atom. The molecule has 2 unspecified atom stereocenters. The lowest BCUT2D eigenvalue weighted by Crippen LogP contribution is -2.50. The fraction of sp³-hybridized carbons (Fsp3) is 0.667. The highest BCUT2D eigenvalue weighted by molar-refractivity contribution is 7.09. The smallest absolute Gasteiger partial charge is 0.245 e. The summed E-state index contributed by atoms with van der Waals surface area (Å²) in [6, 6.07) is -0.303. The molecule has 114 valence electrons. The molecule has 0 aliphatic carbocycles. The van der Waals surface area contributed by atoms with Crippen LogP contribution in [0.15, 0.2) is 5.38 Å². The van der Waals surface area contributed by atoms with Gasteiger partial charge in [-0.15, -0.1) is 11.3 Å². The van der Waals surface area contributed by atoms with E-state index in [-0.39, 0.29) is 23.9 Å². The molecular formula is C15H21N3O2S. The molecular weight excluding hydrogens is 286 g/mol. The molecule has 2 atom stereocenters. The van der Waals surface area contributed by atoms with Gasteiger partial charge in [0.25, 0.3) is 0 Å². The molecule has 1 aromatic rings. The summed E-state index contributed by atoms with van der Waals surface area (Å²) in [4.78, 5) is 33.2. The predicted octanol–water partition coefficient (Wildman–Crippen LogP) is 2.13. The Bertz CT molecular complexity index is 557. The Kier molecular flexibility index (Phi) is 3.97. The number of thiazole rings is 1. The SMILES string of the molecule is Cc1csc(C(C)N2CCC(=O)N3CCCCC3C2=O)n1. The second-order valence-electron chi connectivity index (χ2n) is 5.88. The van der Waals surface area contributed by atoms with Crippen molar-refractivity contribution in [1.29, 1.82) is 0 Å². The molecule has 0 bridgehead atoms. The summed E-state index contributed by atoms with van der Waals surface area (Å²) in [6.45, 7) is 5.21. The molecule has 3 heterocycles. The Hall–Kier alpha value is -1.43. The zero-order chi connectivity index (χ0) is 15.0. The molecule has 6 heteroatoms. The number of carbonyl (C=O) groups excluding carboxylic acids is 2. The van der Waals surface area contributed by atoms with Crippen LogP contribution >= 0.6 is 11.3 Å². The van der Waals surface area contributed by atoms with Crippen LogP contribution < -0.4 is 0 Å². The zero-order valence-corrected chi connectivity index (χ0v) is 13.4. The fourth-order valence-corrected chi connectivity index (χ4v) is 4.09. The van der Waals surface area contributed by atoms with Gasteiger partial charge in [0.15, 0.2) is 0 Å². The van der Waals surface area contributed by atoms with Gasteiger partial charge in [0, 0.05) is 30.6 Å². The zero-order valence-electron chi connectivity index (χ0n) is 12.5. The van der Waals surface area contributed by atoms with Crippen LogP contribution in [0.25, 0.3) is 0 Å². The maximum atomic E-state index is 12.9. The number of carbonyl (C=O) groups is 2. The van der Waals surface area contributed by atoms with E-state index in [4.69, 9.17) is 0 Å². The van der Waals surface area contributed by atoms with Crippen molar-refractivity contribution in [3.8, 4) is 0 Å². The molecule has 1 aromatic heterocycles. The van der Waals surface area contributed by atoms with E-state index < -0.39 is 0 Å². The highest BCUT2D eigenvalue weighted by Crippen LogP contribution is 2.29. The third kappa shape index (κ3) is 2.69. The van der Waals surface area contributed by atoms with E-state index in [1.807, 2.05) is 24.1 Å². The average Bonchev–Trinajstić information content (AvgIpc) is 2.88. The van der Waals surface area contributed by atoms with Gasteiger partial charge in [-0.2, -0.15) is 0 Å². The lowest BCUT2D eigenvalue weighted by atomic mass is 10.0. The van der Waals surface area contributed by atoms with Crippen molar-refractivity contribution in [1.82, 2.24) is 14.8 Å². The van der Waals surface area contributed by atoms with Gasteiger partial charge in [-0.3, -0.25) is 9.59 Å². The maximum Gasteiger partial charge on any atom is 0.245 e. The first kappa shape index (κ1) is 14.5. The lowest BCUT2D eigenvalue weighted by molar-refractivity contribution is -0.144. The summed E-state index contributed by atoms with van der Waals surface area (Å²) in [7, 11) is 0. The summed E-state index contributed by atoms with van der Waals surface area (Å²) >= 11 is 1.59. The minimum absolute atomic E-state index is 0.0501. The molecule has 0 radical (unpaired) electrons. The summed E-state index contributed by atoms with van der Waals surface area (Å²) < 4.78 is 0. The number of fused-ring (bicyclic) bond motifs is 1. The molecule has 2 fully saturated rings. The van der Waals surface area contributed by atoms with Gasteiger partial charge in [0.2, 0.25) is 11.8 Å². The van der Waals surface area contributed by atoms with Crippen LogP contribution in [0.2, 0.25) is 0 Å². The minimum Gasteiger partial charge on any atom is -0.331 e. The molecule has 0 N–H and O–H groups in total. The fourth-order valence-electron chi connectivity index (χ4n) is 3.23. The first-order valence-corrected chi connectivity index (χ1v) is 8.48. The molecule has 5 nitrogen and oxygen atoms in total. The summed E-state index contributed by atoms with van der Waals surface area (Å²) in [5.41, 5.74) is 0.986. The van der Waals surface area contributed by atoms with Crippen LogP contribution in [0.4, 0.5) is 0 Å². The van der Waals surface area contributed by atoms with E-state index in [1.165, 1.54) is 0 Å². The van der Waals surface area contributed by atoms with Gasteiger partial charge < -0.3 is 9.80 Å². The monoisotopic (exact) mass is 307 g/mol. The Morgan fingerprint density at radius 2 is 2.14 bits per heavy atom. The third-order valence-electron chi connectivity index (χ3n) is 4.42. The van der Waals surface area contributed by atoms with E-state index >= 15 is 0 Å². The number of aromatic nitrogens is 1. The van der Waals surface area contributed by atoms with Crippen LogP contribution in [-0.2, 0) is 9.59 Å². The Labute approximate surface area is 129 Å². The van der Waals surface area contributed by atoms with Gasteiger partial charge in [-0.1, -0.05) is 0 Å². The standard InChI is InChI=1S/C15H21N3O2S/c1-10-9-21-14(16-10)11(2)17-8-6-13(19)18-7-4-3-5-12(18)15(17)20/h9,11-12H,3-8H2,1-2H3. The highest BCUT2D eigenvalue weighted by atomic mass is 32.1. The molecule has 2 saturated heterocycles. The van der Waals surface area contributed by atoms with Gasteiger partial charge in [0.1, 0.15) is 11.0 Å². The minimum atomic E-state index is -0.253. The van der Waals surface area contributed by atoms with Crippen molar-refractivity contribution in [2.75, 3.05) is 13.1 Å². The van der Waals surface area contributed by atoms with E-state index in [0.29, 0.717) is 13.0 Å². The van der Waals surface area contributed by atoms with E-state index in [9.17, 15) is 9.59 Å². The molecule has 2 aliphatic rings. The summed E-state index contributed by atoms with van der Waals surface area (Å²) in [5, 5.41) is 2.96. The first-order valence-electron chi connectivity index (χ1n) is 7.60. The van der Waals surface area contributed by atoms with Crippen LogP contribution in [0, 0.1) is 6.92 Å². The van der Waals surface area contributed by atoms with Gasteiger partial charge in [0.05, 0.1) is 6.04 Å². The van der Waals surface area contributed by atoms with Crippen molar-refractivity contribution in [3.05, 3.63) is 16.1 Å². The number of rotatable bonds is 2. The van der Waals surface area contributed by atoms with Crippen LogP contribution in [0.5, 0.6) is 0 Å². The highest BCUT2D eigenvalue weighted by Gasteiger charge is 2.39. The number of amides is 2. The van der Waals surface area contributed by atoms with Gasteiger partial charge >= 0.3 is 0 Å². The number of piperidine rings is 1. The molecule has 0 saturated carbocycles. The van der Waals surface area contributed by atoms with Crippen molar-refractivity contribution in [2.24, 2.45) is 0 Å². The first-order chi connectivity index (χ1) is 10.1. The van der Waals surface area contributed by atoms with E-state index in [0.717, 1.165) is 36.5 Å². The summed E-state index contributed by atoms with van der Waals surface area (Å²) in [6.07, 6.45) is 3.26. The Balaban J connectivity index is 1.85. The van der Waals surface area contributed by atoms with Crippen molar-refractivity contribution in [2.45, 2.75) is 51.6 Å². The molecule has 2 aliphatic heterocycles. The predicted molar refractivity (Wildman–Crippen MR) is 80.9 cm³/mol. The second-order valence-corrected chi connectivity index (χ2v) is 6.77. The van der Waals surface area contributed by atoms with Crippen LogP contribution in [-0.4, -0.2) is 45.7 Å². The van der Waals surface area contributed by atoms with Crippen molar-refractivity contribution < 1.29 is 9.59 Å². The summed E-state index contributed by atoms with van der Waals surface area (Å²) in [5.74, 6) is 0.221. The lowest BCUT2D eigenvalue weighted by Gasteiger charge is -2.35. The van der Waals surface area contributed by atoms with Crippen LogP contribution in [0.1, 0.15) is 49.4 Å². The van der Waals surface area contributed by atoms with E-state index in [1.54, 1.807) is 16.2 Å². The van der Waals surface area contributed by atoms with Crippen molar-refractivity contribution >= 4 is 23.2 Å². The third-order valence-corrected chi connectivity index (χ3v) is 5.55. The Morgan fingerprint density at radius 1 is 1.33 bits per heavy atom. The van der Waals surface area contributed by atoms with Gasteiger partial charge in [-0.05, 0) is 33.1 Å². The molecule has 0 aromatic carbocycles. The number of hydrogen-bond acceptors (Lipinski definition) is 4. The molecule has 21 heavy (non-hydrogen) atoms. The number of aryl methyl sites for hydroxylation is 1. The normalized spacial score (nSPS) is 24.8. The maximum absolute atomic E-state index is 12.9. The largest absolute Gasteiger partial charge is 0.331 e.